The summed E-state index contributed by atoms with van der Waals surface area (Å²) in [5.41, 5.74) is 15.4. The maximum absolute atomic E-state index is 2.62. The van der Waals surface area contributed by atoms with Gasteiger partial charge in [-0.2, -0.15) is 0 Å². The van der Waals surface area contributed by atoms with Crippen LogP contribution in [-0.4, -0.2) is 0 Å². The molecule has 0 N–H and O–H groups in total. The van der Waals surface area contributed by atoms with E-state index in [0.29, 0.717) is 5.92 Å². The van der Waals surface area contributed by atoms with Crippen LogP contribution >= 0.6 is 0 Å². The van der Waals surface area contributed by atoms with Crippen LogP contribution in [0.1, 0.15) is 100 Å². The lowest BCUT2D eigenvalue weighted by Crippen LogP contribution is -2.45. The summed E-state index contributed by atoms with van der Waals surface area (Å²) in [7, 11) is 0. The van der Waals surface area contributed by atoms with Crippen molar-refractivity contribution in [1.82, 2.24) is 0 Å². The highest BCUT2D eigenvalue weighted by Gasteiger charge is 2.49. The van der Waals surface area contributed by atoms with E-state index in [1.807, 2.05) is 0 Å². The summed E-state index contributed by atoms with van der Waals surface area (Å²) in [6, 6.07) is 28.5. The Kier molecular flexibility index (Phi) is 5.12. The summed E-state index contributed by atoms with van der Waals surface area (Å²) in [5.74, 6) is 0.544. The van der Waals surface area contributed by atoms with Gasteiger partial charge in [0.15, 0.2) is 0 Å². The lowest BCUT2D eigenvalue weighted by atomic mass is 9.66. The average molecular weight is 557 g/mol. The van der Waals surface area contributed by atoms with E-state index < -0.39 is 0 Å². The van der Waals surface area contributed by atoms with Crippen molar-refractivity contribution in [3.8, 4) is 0 Å². The van der Waals surface area contributed by atoms with E-state index in [1.165, 1.54) is 59.5 Å². The minimum atomic E-state index is -0.0427. The Bertz CT molecular complexity index is 2320. The zero-order valence-corrected chi connectivity index (χ0v) is 26.2. The third-order valence-corrected chi connectivity index (χ3v) is 11.9. The summed E-state index contributed by atoms with van der Waals surface area (Å²) in [4.78, 5) is 0. The Labute approximate surface area is 254 Å². The van der Waals surface area contributed by atoms with Crippen LogP contribution in [0, 0.1) is 5.92 Å². The molecule has 0 nitrogen and oxygen atoms in total. The number of fused-ring (bicyclic) bond motifs is 2. The molecule has 0 saturated carbocycles. The summed E-state index contributed by atoms with van der Waals surface area (Å²) in [6.45, 7) is 12.4. The van der Waals surface area contributed by atoms with Gasteiger partial charge in [-0.25, -0.2) is 0 Å². The van der Waals surface area contributed by atoms with Crippen molar-refractivity contribution in [2.24, 2.45) is 5.92 Å². The van der Waals surface area contributed by atoms with Crippen LogP contribution in [0.25, 0.3) is 34.4 Å². The number of rotatable bonds is 2. The molecule has 0 heteroatoms. The van der Waals surface area contributed by atoms with Crippen LogP contribution in [0.3, 0.4) is 0 Å². The average Bonchev–Trinajstić information content (AvgIpc) is 3.25. The van der Waals surface area contributed by atoms with Crippen molar-refractivity contribution in [2.75, 3.05) is 0 Å². The van der Waals surface area contributed by atoms with E-state index in [4.69, 9.17) is 0 Å². The molecule has 5 aliphatic rings. The molecule has 0 aromatic heterocycles. The lowest BCUT2D eigenvalue weighted by Gasteiger charge is -2.37. The normalized spacial score (nSPS) is 21.5. The maximum atomic E-state index is 2.62. The third kappa shape index (κ3) is 3.28. The summed E-state index contributed by atoms with van der Waals surface area (Å²) in [6.07, 6.45) is 10.5. The predicted molar refractivity (Wildman–Crippen MR) is 181 cm³/mol. The second-order valence-electron chi connectivity index (χ2n) is 14.8. The van der Waals surface area contributed by atoms with E-state index in [2.05, 4.69) is 120 Å². The van der Waals surface area contributed by atoms with Gasteiger partial charge in [-0.05, 0) is 138 Å². The molecule has 43 heavy (non-hydrogen) atoms. The Hall–Kier alpha value is -3.90. The molecule has 212 valence electrons. The molecule has 5 aliphatic carbocycles. The van der Waals surface area contributed by atoms with E-state index in [0.717, 1.165) is 32.1 Å². The van der Waals surface area contributed by atoms with Crippen molar-refractivity contribution in [1.29, 1.82) is 0 Å². The highest BCUT2D eigenvalue weighted by molar-refractivity contribution is 5.88. The van der Waals surface area contributed by atoms with Crippen molar-refractivity contribution in [3.05, 3.63) is 137 Å². The van der Waals surface area contributed by atoms with Gasteiger partial charge in [0.2, 0.25) is 0 Å². The van der Waals surface area contributed by atoms with Crippen LogP contribution in [-0.2, 0) is 10.8 Å². The van der Waals surface area contributed by atoms with Gasteiger partial charge in [0, 0.05) is 5.41 Å². The fraction of sp³-hybridized carbons (Fsp3) is 0.302. The molecule has 0 amide bonds. The van der Waals surface area contributed by atoms with Gasteiger partial charge in [0.1, 0.15) is 0 Å². The van der Waals surface area contributed by atoms with Gasteiger partial charge in [0.05, 0.1) is 0 Å². The van der Waals surface area contributed by atoms with Crippen LogP contribution < -0.4 is 31.3 Å². The second-order valence-corrected chi connectivity index (χ2v) is 14.8. The highest BCUT2D eigenvalue weighted by Crippen LogP contribution is 2.57. The molecule has 0 aliphatic heterocycles. The third-order valence-electron chi connectivity index (χ3n) is 11.9. The lowest BCUT2D eigenvalue weighted by molar-refractivity contribution is 0.415. The molecule has 4 aromatic carbocycles. The predicted octanol–water partition coefficient (Wildman–Crippen LogP) is 5.55. The summed E-state index contributed by atoms with van der Waals surface area (Å²) >= 11 is 0. The Morgan fingerprint density at radius 1 is 0.674 bits per heavy atom. The molecule has 1 atom stereocenters. The SMILES string of the molecule is CC1=c2cccc3c2=C2c4c(cc(C5=c6ccccc6=C(c6cccc7c6=CCCC=7)CC5)cc4C(C)(C)C2C1)C3(C)C. The first kappa shape index (κ1) is 25.6. The van der Waals surface area contributed by atoms with Crippen LogP contribution in [0.4, 0.5) is 0 Å². The van der Waals surface area contributed by atoms with Gasteiger partial charge in [-0.1, -0.05) is 112 Å². The van der Waals surface area contributed by atoms with Crippen molar-refractivity contribution >= 4 is 34.4 Å². The largest absolute Gasteiger partial charge is 0.0763 e. The van der Waals surface area contributed by atoms with E-state index in [1.54, 1.807) is 27.5 Å². The molecule has 0 fully saturated rings. The van der Waals surface area contributed by atoms with E-state index >= 15 is 0 Å². The molecule has 0 saturated heterocycles. The van der Waals surface area contributed by atoms with Crippen LogP contribution in [0.2, 0.25) is 0 Å². The van der Waals surface area contributed by atoms with Crippen molar-refractivity contribution in [2.45, 2.75) is 77.6 Å². The molecule has 0 radical (unpaired) electrons. The first-order chi connectivity index (χ1) is 20.8. The first-order valence-corrected chi connectivity index (χ1v) is 16.4. The topological polar surface area (TPSA) is 0 Å². The Balaban J connectivity index is 1.37. The highest BCUT2D eigenvalue weighted by atomic mass is 14.5. The monoisotopic (exact) mass is 556 g/mol. The van der Waals surface area contributed by atoms with E-state index in [9.17, 15) is 0 Å². The van der Waals surface area contributed by atoms with Gasteiger partial charge in [-0.15, -0.1) is 0 Å². The maximum Gasteiger partial charge on any atom is 0.0159 e. The van der Waals surface area contributed by atoms with Gasteiger partial charge in [-0.3, -0.25) is 0 Å². The molecule has 0 heterocycles. The molecule has 1 unspecified atom stereocenters. The van der Waals surface area contributed by atoms with Gasteiger partial charge in [0.25, 0.3) is 0 Å². The van der Waals surface area contributed by atoms with Gasteiger partial charge < -0.3 is 0 Å². The standard InChI is InChI=1S/C43H40/c1-25-22-36-41-39-28(25)17-11-19-35(39)42(2,3)37-23-27(24-38(40(37)41)43(36,4)5)30-20-21-34(33-16-9-8-15-31(30)33)32-18-10-13-26-12-6-7-14-29(26)32/h8-19,23-24,36H,6-7,20-22H2,1-5H3. The molecule has 4 aromatic rings. The van der Waals surface area contributed by atoms with Gasteiger partial charge >= 0.3 is 0 Å². The van der Waals surface area contributed by atoms with E-state index in [-0.39, 0.29) is 10.8 Å². The molecular formula is C43H40. The fourth-order valence-electron chi connectivity index (χ4n) is 9.59. The number of hydrogen-bond acceptors (Lipinski definition) is 0. The quantitative estimate of drug-likeness (QED) is 0.304. The summed E-state index contributed by atoms with van der Waals surface area (Å²) < 4.78 is 0. The smallest absolute Gasteiger partial charge is 0.0159 e. The summed E-state index contributed by atoms with van der Waals surface area (Å²) in [5, 5.41) is 8.75. The Morgan fingerprint density at radius 3 is 2.21 bits per heavy atom. The first-order valence-electron chi connectivity index (χ1n) is 16.4. The molecular weight excluding hydrogens is 516 g/mol. The van der Waals surface area contributed by atoms with Crippen LogP contribution in [0.15, 0.2) is 72.8 Å². The fourth-order valence-corrected chi connectivity index (χ4v) is 9.59. The molecule has 9 rings (SSSR count). The molecule has 0 spiro atoms. The minimum absolute atomic E-state index is 0.0427. The Morgan fingerprint density at radius 2 is 1.37 bits per heavy atom. The van der Waals surface area contributed by atoms with Crippen molar-refractivity contribution < 1.29 is 0 Å². The zero-order valence-electron chi connectivity index (χ0n) is 26.2. The second kappa shape index (κ2) is 8.60. The number of hydrogen-bond donors (Lipinski definition) is 0. The van der Waals surface area contributed by atoms with Crippen LogP contribution in [0.5, 0.6) is 0 Å². The number of benzene rings is 4. The minimum Gasteiger partial charge on any atom is -0.0763 e. The zero-order chi connectivity index (χ0) is 29.2. The molecule has 0 bridgehead atoms. The van der Waals surface area contributed by atoms with Crippen molar-refractivity contribution in [3.63, 3.8) is 0 Å².